The summed E-state index contributed by atoms with van der Waals surface area (Å²) in [7, 11) is 0. The monoisotopic (exact) mass is 168 g/mol. The van der Waals surface area contributed by atoms with Gasteiger partial charge in [-0.1, -0.05) is 27.7 Å². The van der Waals surface area contributed by atoms with E-state index >= 15 is 0 Å². The predicted molar refractivity (Wildman–Crippen MR) is 47.2 cm³/mol. The summed E-state index contributed by atoms with van der Waals surface area (Å²) < 4.78 is 0. The highest BCUT2D eigenvalue weighted by atomic mass is 16.1. The van der Waals surface area contributed by atoms with Crippen LogP contribution in [0.15, 0.2) is 0 Å². The van der Waals surface area contributed by atoms with Gasteiger partial charge in [0.25, 0.3) is 0 Å². The molecular formula is C9H16N2O. The number of hydrogen-bond donors (Lipinski definition) is 1. The maximum atomic E-state index is 11.2. The van der Waals surface area contributed by atoms with Crippen LogP contribution in [-0.4, -0.2) is 11.9 Å². The molecule has 1 N–H and O–H groups in total. The van der Waals surface area contributed by atoms with E-state index in [0.29, 0.717) is 0 Å². The third-order valence-corrected chi connectivity index (χ3v) is 1.63. The number of nitriles is 1. The minimum Gasteiger partial charge on any atom is -0.340 e. The van der Waals surface area contributed by atoms with Crippen LogP contribution in [0.25, 0.3) is 0 Å². The van der Waals surface area contributed by atoms with Crippen LogP contribution in [0.4, 0.5) is 0 Å². The largest absolute Gasteiger partial charge is 0.340 e. The molecule has 0 fully saturated rings. The van der Waals surface area contributed by atoms with E-state index in [1.54, 1.807) is 0 Å². The zero-order valence-electron chi connectivity index (χ0n) is 8.09. The zero-order valence-corrected chi connectivity index (χ0v) is 8.09. The number of carbonyl (C=O) groups is 1. The van der Waals surface area contributed by atoms with Crippen LogP contribution in [0.1, 0.15) is 27.7 Å². The quantitative estimate of drug-likeness (QED) is 0.690. The normalized spacial score (nSPS) is 12.8. The molecule has 12 heavy (non-hydrogen) atoms. The van der Waals surface area contributed by atoms with Crippen LogP contribution in [-0.2, 0) is 4.79 Å². The van der Waals surface area contributed by atoms with Gasteiger partial charge in [0.1, 0.15) is 6.04 Å². The molecule has 0 aromatic heterocycles. The maximum absolute atomic E-state index is 11.2. The van der Waals surface area contributed by atoms with Crippen molar-refractivity contribution in [3.8, 4) is 6.07 Å². The van der Waals surface area contributed by atoms with E-state index in [1.807, 2.05) is 27.7 Å². The molecule has 3 nitrogen and oxygen atoms in total. The first-order valence-electron chi connectivity index (χ1n) is 4.19. The van der Waals surface area contributed by atoms with Gasteiger partial charge in [0, 0.05) is 5.92 Å². The molecule has 0 rings (SSSR count). The van der Waals surface area contributed by atoms with E-state index in [1.165, 1.54) is 0 Å². The van der Waals surface area contributed by atoms with Gasteiger partial charge in [0.2, 0.25) is 5.91 Å². The molecule has 0 aromatic rings. The van der Waals surface area contributed by atoms with Gasteiger partial charge in [-0.15, -0.1) is 0 Å². The molecule has 0 saturated carbocycles. The Morgan fingerprint density at radius 2 is 1.83 bits per heavy atom. The molecule has 0 aliphatic rings. The smallest absolute Gasteiger partial charge is 0.223 e. The number of nitrogens with one attached hydrogen (secondary N) is 1. The second-order valence-corrected chi connectivity index (χ2v) is 3.51. The Balaban J connectivity index is 4.06. The SMILES string of the molecule is CC(C)C(=O)N[C@H](C#N)C(C)C. The highest BCUT2D eigenvalue weighted by Crippen LogP contribution is 2.01. The third-order valence-electron chi connectivity index (χ3n) is 1.63. The number of hydrogen-bond acceptors (Lipinski definition) is 2. The Morgan fingerprint density at radius 3 is 2.08 bits per heavy atom. The van der Waals surface area contributed by atoms with E-state index in [-0.39, 0.29) is 23.8 Å². The second-order valence-electron chi connectivity index (χ2n) is 3.51. The highest BCUT2D eigenvalue weighted by molar-refractivity contribution is 5.78. The van der Waals surface area contributed by atoms with E-state index < -0.39 is 0 Å². The molecule has 1 atom stereocenters. The van der Waals surface area contributed by atoms with Crippen molar-refractivity contribution in [1.82, 2.24) is 5.32 Å². The standard InChI is InChI=1S/C9H16N2O/c1-6(2)8(5-10)11-9(12)7(3)4/h6-8H,1-4H3,(H,11,12)/t8-/m1/s1. The van der Waals surface area contributed by atoms with Crippen molar-refractivity contribution in [2.75, 3.05) is 0 Å². The van der Waals surface area contributed by atoms with Gasteiger partial charge in [-0.2, -0.15) is 5.26 Å². The predicted octanol–water partition coefficient (Wildman–Crippen LogP) is 1.31. The lowest BCUT2D eigenvalue weighted by molar-refractivity contribution is -0.124. The first kappa shape index (κ1) is 11.0. The van der Waals surface area contributed by atoms with Crippen LogP contribution in [0.5, 0.6) is 0 Å². The van der Waals surface area contributed by atoms with Gasteiger partial charge in [-0.05, 0) is 5.92 Å². The first-order valence-corrected chi connectivity index (χ1v) is 4.19. The molecule has 0 spiro atoms. The fourth-order valence-corrected chi connectivity index (χ4v) is 0.668. The highest BCUT2D eigenvalue weighted by Gasteiger charge is 2.16. The lowest BCUT2D eigenvalue weighted by Gasteiger charge is -2.16. The topological polar surface area (TPSA) is 52.9 Å². The van der Waals surface area contributed by atoms with Crippen molar-refractivity contribution in [3.05, 3.63) is 0 Å². The number of nitrogens with zero attached hydrogens (tertiary/aromatic N) is 1. The van der Waals surface area contributed by atoms with Gasteiger partial charge in [0.05, 0.1) is 6.07 Å². The molecule has 0 aliphatic heterocycles. The van der Waals surface area contributed by atoms with Crippen LogP contribution >= 0.6 is 0 Å². The molecule has 0 heterocycles. The fraction of sp³-hybridized carbons (Fsp3) is 0.778. The Hall–Kier alpha value is -1.04. The molecule has 0 radical (unpaired) electrons. The first-order chi connectivity index (χ1) is 5.49. The summed E-state index contributed by atoms with van der Waals surface area (Å²) in [6.45, 7) is 7.44. The minimum atomic E-state index is -0.361. The summed E-state index contributed by atoms with van der Waals surface area (Å²) in [6, 6.07) is 1.69. The van der Waals surface area contributed by atoms with Crippen molar-refractivity contribution in [2.24, 2.45) is 11.8 Å². The van der Waals surface area contributed by atoms with Gasteiger partial charge >= 0.3 is 0 Å². The average molecular weight is 168 g/mol. The van der Waals surface area contributed by atoms with Crippen molar-refractivity contribution in [1.29, 1.82) is 5.26 Å². The molecule has 3 heteroatoms. The van der Waals surface area contributed by atoms with Crippen LogP contribution < -0.4 is 5.32 Å². The minimum absolute atomic E-state index is 0.0559. The van der Waals surface area contributed by atoms with Crippen LogP contribution in [0, 0.1) is 23.2 Å². The third kappa shape index (κ3) is 3.38. The summed E-state index contributed by atoms with van der Waals surface area (Å²) >= 11 is 0. The van der Waals surface area contributed by atoms with E-state index in [2.05, 4.69) is 11.4 Å². The number of carbonyl (C=O) groups excluding carboxylic acids is 1. The molecular weight excluding hydrogens is 152 g/mol. The number of rotatable bonds is 3. The van der Waals surface area contributed by atoms with E-state index in [0.717, 1.165) is 0 Å². The van der Waals surface area contributed by atoms with E-state index in [9.17, 15) is 4.79 Å². The zero-order chi connectivity index (χ0) is 9.72. The van der Waals surface area contributed by atoms with Gasteiger partial charge in [-0.25, -0.2) is 0 Å². The maximum Gasteiger partial charge on any atom is 0.223 e. The number of amides is 1. The summed E-state index contributed by atoms with van der Waals surface area (Å²) in [5, 5.41) is 11.3. The molecule has 0 bridgehead atoms. The summed E-state index contributed by atoms with van der Waals surface area (Å²) in [5.41, 5.74) is 0. The molecule has 0 aromatic carbocycles. The molecule has 0 saturated heterocycles. The molecule has 68 valence electrons. The Morgan fingerprint density at radius 1 is 1.33 bits per heavy atom. The lowest BCUT2D eigenvalue weighted by Crippen LogP contribution is -2.39. The van der Waals surface area contributed by atoms with E-state index in [4.69, 9.17) is 5.26 Å². The van der Waals surface area contributed by atoms with Crippen LogP contribution in [0.3, 0.4) is 0 Å². The summed E-state index contributed by atoms with van der Waals surface area (Å²) in [5.74, 6) is 0.0487. The second kappa shape index (κ2) is 4.76. The van der Waals surface area contributed by atoms with Gasteiger partial charge < -0.3 is 5.32 Å². The molecule has 1 amide bonds. The Labute approximate surface area is 73.8 Å². The molecule has 0 unspecified atom stereocenters. The van der Waals surface area contributed by atoms with Crippen molar-refractivity contribution in [2.45, 2.75) is 33.7 Å². The molecule has 0 aliphatic carbocycles. The van der Waals surface area contributed by atoms with Crippen molar-refractivity contribution >= 4 is 5.91 Å². The van der Waals surface area contributed by atoms with Gasteiger partial charge in [-0.3, -0.25) is 4.79 Å². The van der Waals surface area contributed by atoms with Crippen LogP contribution in [0.2, 0.25) is 0 Å². The average Bonchev–Trinajstić information content (AvgIpc) is 1.98. The summed E-state index contributed by atoms with van der Waals surface area (Å²) in [4.78, 5) is 11.2. The Kier molecular flexibility index (Phi) is 4.35. The lowest BCUT2D eigenvalue weighted by atomic mass is 10.1. The van der Waals surface area contributed by atoms with Crippen molar-refractivity contribution in [3.63, 3.8) is 0 Å². The Bertz CT molecular complexity index is 191. The summed E-state index contributed by atoms with van der Waals surface area (Å²) in [6.07, 6.45) is 0. The van der Waals surface area contributed by atoms with Crippen molar-refractivity contribution < 1.29 is 4.79 Å². The fourth-order valence-electron chi connectivity index (χ4n) is 0.668. The van der Waals surface area contributed by atoms with Gasteiger partial charge in [0.15, 0.2) is 0 Å².